The van der Waals surface area contributed by atoms with Crippen LogP contribution in [0.5, 0.6) is 0 Å². The molecule has 6 nitrogen and oxygen atoms in total. The molecule has 1 aliphatic heterocycles. The summed E-state index contributed by atoms with van der Waals surface area (Å²) in [6.45, 7) is 4.14. The summed E-state index contributed by atoms with van der Waals surface area (Å²) in [5, 5.41) is 0. The van der Waals surface area contributed by atoms with Crippen molar-refractivity contribution < 1.29 is 4.79 Å². The van der Waals surface area contributed by atoms with Crippen molar-refractivity contribution in [2.75, 3.05) is 33.4 Å². The highest BCUT2D eigenvalue weighted by Gasteiger charge is 2.19. The SMILES string of the molecule is Cc1cc(-c2cnc(N)c(C(=O)N(C)C)n2)cc2c1CCN(C)C2. The van der Waals surface area contributed by atoms with Crippen molar-refractivity contribution in [3.05, 3.63) is 40.7 Å². The molecule has 0 bridgehead atoms. The number of fused-ring (bicyclic) bond motifs is 1. The lowest BCUT2D eigenvalue weighted by atomic mass is 9.92. The van der Waals surface area contributed by atoms with E-state index in [4.69, 9.17) is 5.73 Å². The smallest absolute Gasteiger partial charge is 0.275 e. The van der Waals surface area contributed by atoms with E-state index in [2.05, 4.69) is 41.0 Å². The molecule has 126 valence electrons. The number of nitrogen functional groups attached to an aromatic ring is 1. The van der Waals surface area contributed by atoms with Crippen molar-refractivity contribution in [2.24, 2.45) is 0 Å². The highest BCUT2D eigenvalue weighted by molar-refractivity contribution is 5.96. The number of nitrogens with zero attached hydrogens (tertiary/aromatic N) is 4. The van der Waals surface area contributed by atoms with Crippen LogP contribution >= 0.6 is 0 Å². The van der Waals surface area contributed by atoms with E-state index < -0.39 is 0 Å². The van der Waals surface area contributed by atoms with E-state index in [0.29, 0.717) is 5.69 Å². The Morgan fingerprint density at radius 3 is 2.79 bits per heavy atom. The van der Waals surface area contributed by atoms with Crippen LogP contribution in [0.25, 0.3) is 11.3 Å². The monoisotopic (exact) mass is 325 g/mol. The molecule has 0 saturated carbocycles. The van der Waals surface area contributed by atoms with Gasteiger partial charge in [-0.25, -0.2) is 9.97 Å². The molecule has 1 aromatic heterocycles. The number of amides is 1. The summed E-state index contributed by atoms with van der Waals surface area (Å²) in [5.41, 5.74) is 11.7. The van der Waals surface area contributed by atoms with Gasteiger partial charge in [0.15, 0.2) is 11.5 Å². The lowest BCUT2D eigenvalue weighted by molar-refractivity contribution is 0.0823. The normalized spacial score (nSPS) is 14.3. The van der Waals surface area contributed by atoms with Gasteiger partial charge < -0.3 is 15.5 Å². The molecule has 0 atom stereocenters. The summed E-state index contributed by atoms with van der Waals surface area (Å²) in [7, 11) is 5.48. The predicted octanol–water partition coefficient (Wildman–Crippen LogP) is 1.72. The van der Waals surface area contributed by atoms with E-state index in [9.17, 15) is 4.79 Å². The van der Waals surface area contributed by atoms with Crippen LogP contribution in [0.4, 0.5) is 5.82 Å². The van der Waals surface area contributed by atoms with Crippen LogP contribution < -0.4 is 5.73 Å². The van der Waals surface area contributed by atoms with Crippen molar-refractivity contribution in [3.63, 3.8) is 0 Å². The minimum atomic E-state index is -0.240. The number of carbonyl (C=O) groups is 1. The van der Waals surface area contributed by atoms with Gasteiger partial charge in [0, 0.05) is 32.7 Å². The molecule has 1 amide bonds. The predicted molar refractivity (Wildman–Crippen MR) is 94.7 cm³/mol. The Morgan fingerprint density at radius 2 is 2.08 bits per heavy atom. The highest BCUT2D eigenvalue weighted by Crippen LogP contribution is 2.28. The van der Waals surface area contributed by atoms with Crippen LogP contribution in [-0.2, 0) is 13.0 Å². The van der Waals surface area contributed by atoms with E-state index in [1.807, 2.05) is 0 Å². The maximum absolute atomic E-state index is 12.2. The summed E-state index contributed by atoms with van der Waals surface area (Å²) in [6, 6.07) is 4.27. The van der Waals surface area contributed by atoms with Gasteiger partial charge in [0.1, 0.15) is 0 Å². The van der Waals surface area contributed by atoms with Crippen molar-refractivity contribution >= 4 is 11.7 Å². The first-order valence-corrected chi connectivity index (χ1v) is 8.02. The van der Waals surface area contributed by atoms with Crippen LogP contribution in [0.15, 0.2) is 18.3 Å². The number of carbonyl (C=O) groups excluding carboxylic acids is 1. The number of hydrogen-bond donors (Lipinski definition) is 1. The molecule has 0 aliphatic carbocycles. The highest BCUT2D eigenvalue weighted by atomic mass is 16.2. The second kappa shape index (κ2) is 6.20. The number of likely N-dealkylation sites (N-methyl/N-ethyl adjacent to an activating group) is 1. The molecular weight excluding hydrogens is 302 g/mol. The molecule has 2 aromatic rings. The first-order chi connectivity index (χ1) is 11.4. The fraction of sp³-hybridized carbons (Fsp3) is 0.389. The maximum atomic E-state index is 12.2. The van der Waals surface area contributed by atoms with Crippen molar-refractivity contribution in [3.8, 4) is 11.3 Å². The van der Waals surface area contributed by atoms with Gasteiger partial charge in [-0.1, -0.05) is 0 Å². The molecule has 0 spiro atoms. The van der Waals surface area contributed by atoms with Gasteiger partial charge in [0.2, 0.25) is 0 Å². The standard InChI is InChI=1S/C18H23N5O/c1-11-7-12(8-13-10-23(4)6-5-14(11)13)15-9-20-17(19)16(21-15)18(24)22(2)3/h7-9H,5-6,10H2,1-4H3,(H2,19,20). The molecule has 24 heavy (non-hydrogen) atoms. The number of hydrogen-bond acceptors (Lipinski definition) is 5. The zero-order chi connectivity index (χ0) is 17.4. The maximum Gasteiger partial charge on any atom is 0.275 e. The molecule has 0 radical (unpaired) electrons. The van der Waals surface area contributed by atoms with Crippen LogP contribution in [0.1, 0.15) is 27.2 Å². The van der Waals surface area contributed by atoms with Crippen LogP contribution in [0.3, 0.4) is 0 Å². The third-order valence-electron chi connectivity index (χ3n) is 4.45. The van der Waals surface area contributed by atoms with Gasteiger partial charge in [-0.2, -0.15) is 0 Å². The van der Waals surface area contributed by atoms with Crippen LogP contribution in [-0.4, -0.2) is 53.4 Å². The van der Waals surface area contributed by atoms with Gasteiger partial charge in [0.25, 0.3) is 5.91 Å². The molecular formula is C18H23N5O. The Bertz CT molecular complexity index is 800. The van der Waals surface area contributed by atoms with E-state index in [1.54, 1.807) is 20.3 Å². The second-order valence-electron chi connectivity index (χ2n) is 6.61. The topological polar surface area (TPSA) is 75.3 Å². The van der Waals surface area contributed by atoms with Gasteiger partial charge in [-0.05, 0) is 49.2 Å². The van der Waals surface area contributed by atoms with E-state index in [1.165, 1.54) is 21.6 Å². The van der Waals surface area contributed by atoms with Crippen molar-refractivity contribution in [2.45, 2.75) is 19.9 Å². The minimum Gasteiger partial charge on any atom is -0.382 e. The Morgan fingerprint density at radius 1 is 1.33 bits per heavy atom. The Labute approximate surface area is 142 Å². The molecule has 1 aliphatic rings. The van der Waals surface area contributed by atoms with Crippen molar-refractivity contribution in [1.29, 1.82) is 0 Å². The number of nitrogens with two attached hydrogens (primary N) is 1. The molecule has 3 rings (SSSR count). The lowest BCUT2D eigenvalue weighted by Crippen LogP contribution is -2.27. The molecule has 0 saturated heterocycles. The first kappa shape index (κ1) is 16.4. The molecule has 2 heterocycles. The summed E-state index contributed by atoms with van der Waals surface area (Å²) in [5.74, 6) is -0.0804. The minimum absolute atomic E-state index is 0.159. The van der Waals surface area contributed by atoms with Gasteiger partial charge in [0.05, 0.1) is 11.9 Å². The second-order valence-corrected chi connectivity index (χ2v) is 6.61. The van der Waals surface area contributed by atoms with Crippen LogP contribution in [0.2, 0.25) is 0 Å². The number of aromatic nitrogens is 2. The van der Waals surface area contributed by atoms with E-state index in [-0.39, 0.29) is 17.4 Å². The lowest BCUT2D eigenvalue weighted by Gasteiger charge is -2.27. The average Bonchev–Trinajstić information content (AvgIpc) is 2.54. The summed E-state index contributed by atoms with van der Waals surface area (Å²) in [6.07, 6.45) is 2.70. The number of aryl methyl sites for hydroxylation is 1. The summed E-state index contributed by atoms with van der Waals surface area (Å²) in [4.78, 5) is 24.6. The number of rotatable bonds is 2. The summed E-state index contributed by atoms with van der Waals surface area (Å²) < 4.78 is 0. The molecule has 0 fully saturated rings. The molecule has 6 heteroatoms. The Kier molecular flexibility index (Phi) is 4.24. The Balaban J connectivity index is 2.07. The van der Waals surface area contributed by atoms with Crippen LogP contribution in [0, 0.1) is 6.92 Å². The first-order valence-electron chi connectivity index (χ1n) is 8.02. The fourth-order valence-electron chi connectivity index (χ4n) is 3.12. The number of benzene rings is 1. The zero-order valence-corrected chi connectivity index (χ0v) is 14.6. The molecule has 1 aromatic carbocycles. The molecule has 0 unspecified atom stereocenters. The van der Waals surface area contributed by atoms with Crippen molar-refractivity contribution in [1.82, 2.24) is 19.8 Å². The summed E-state index contributed by atoms with van der Waals surface area (Å²) >= 11 is 0. The van der Waals surface area contributed by atoms with E-state index in [0.717, 1.165) is 25.1 Å². The fourth-order valence-corrected chi connectivity index (χ4v) is 3.12. The quantitative estimate of drug-likeness (QED) is 0.910. The zero-order valence-electron chi connectivity index (χ0n) is 14.6. The third-order valence-corrected chi connectivity index (χ3v) is 4.45. The largest absolute Gasteiger partial charge is 0.382 e. The number of anilines is 1. The van der Waals surface area contributed by atoms with Gasteiger partial charge in [-0.3, -0.25) is 4.79 Å². The van der Waals surface area contributed by atoms with E-state index >= 15 is 0 Å². The average molecular weight is 325 g/mol. The van der Waals surface area contributed by atoms with Gasteiger partial charge >= 0.3 is 0 Å². The third kappa shape index (κ3) is 2.97. The van der Waals surface area contributed by atoms with Gasteiger partial charge in [-0.15, -0.1) is 0 Å². The Hall–Kier alpha value is -2.47. The molecule has 2 N–H and O–H groups in total.